The lowest BCUT2D eigenvalue weighted by atomic mass is 10.1. The molecule has 0 aliphatic rings. The fourth-order valence-corrected chi connectivity index (χ4v) is 3.91. The predicted octanol–water partition coefficient (Wildman–Crippen LogP) is 5.70. The van der Waals surface area contributed by atoms with Crippen molar-refractivity contribution in [3.63, 3.8) is 0 Å². The number of carbonyl (C=O) groups is 1. The van der Waals surface area contributed by atoms with Gasteiger partial charge in [0.15, 0.2) is 11.5 Å². The number of ether oxygens (including phenoxy) is 3. The van der Waals surface area contributed by atoms with Crippen LogP contribution in [0.4, 0.5) is 13.2 Å². The van der Waals surface area contributed by atoms with E-state index in [2.05, 4.69) is 15.9 Å². The number of esters is 1. The van der Waals surface area contributed by atoms with Crippen LogP contribution in [0.3, 0.4) is 0 Å². The highest BCUT2D eigenvalue weighted by Gasteiger charge is 2.44. The van der Waals surface area contributed by atoms with Gasteiger partial charge in [0, 0.05) is 16.3 Å². The average Bonchev–Trinajstić information content (AvgIpc) is 3.04. The van der Waals surface area contributed by atoms with Crippen LogP contribution in [0.5, 0.6) is 11.5 Å². The summed E-state index contributed by atoms with van der Waals surface area (Å²) < 4.78 is 55.2. The zero-order valence-electron chi connectivity index (χ0n) is 14.6. The van der Waals surface area contributed by atoms with Crippen molar-refractivity contribution in [3.8, 4) is 11.5 Å². The third kappa shape index (κ3) is 6.14. The van der Waals surface area contributed by atoms with Crippen molar-refractivity contribution < 1.29 is 32.2 Å². The van der Waals surface area contributed by atoms with Crippen molar-refractivity contribution in [1.82, 2.24) is 0 Å². The molecule has 1 heterocycles. The van der Waals surface area contributed by atoms with E-state index in [4.69, 9.17) is 14.2 Å². The molecule has 1 atom stereocenters. The Morgan fingerprint density at radius 2 is 1.89 bits per heavy atom. The maximum atomic E-state index is 13.2. The molecule has 148 valence electrons. The molecule has 2 aromatic rings. The quantitative estimate of drug-likeness (QED) is 0.468. The van der Waals surface area contributed by atoms with Gasteiger partial charge >= 0.3 is 12.1 Å². The molecule has 9 heteroatoms. The largest absolute Gasteiger partial charge is 0.493 e. The summed E-state index contributed by atoms with van der Waals surface area (Å²) in [5.41, 5.74) is 0.884. The number of carbonyl (C=O) groups excluding carboxylic acids is 1. The van der Waals surface area contributed by atoms with Crippen LogP contribution >= 0.6 is 27.3 Å². The summed E-state index contributed by atoms with van der Waals surface area (Å²) in [5.74, 6) is 0.246. The van der Waals surface area contributed by atoms with Gasteiger partial charge in [-0.2, -0.15) is 13.2 Å². The third-order valence-corrected chi connectivity index (χ3v) is 5.42. The van der Waals surface area contributed by atoms with Gasteiger partial charge in [-0.05, 0) is 52.5 Å². The standard InChI is InChI=1S/C18H18BrF3O4S/c1-24-13-7-6-11(8-14(13)25-2)4-3-5-16(23)26-17(18(20,21)22)15-9-12(19)10-27-15/h6-10,17H,3-5H2,1-2H3/t17-/m1/s1. The maximum Gasteiger partial charge on any atom is 0.430 e. The number of rotatable bonds is 8. The molecule has 2 rings (SSSR count). The number of thiophene rings is 1. The summed E-state index contributed by atoms with van der Waals surface area (Å²) in [6.45, 7) is 0. The van der Waals surface area contributed by atoms with Crippen LogP contribution in [0.1, 0.15) is 29.4 Å². The first-order valence-electron chi connectivity index (χ1n) is 7.95. The minimum absolute atomic E-state index is 0.0670. The molecule has 0 fully saturated rings. The molecule has 0 radical (unpaired) electrons. The lowest BCUT2D eigenvalue weighted by Gasteiger charge is -2.19. The predicted molar refractivity (Wildman–Crippen MR) is 99.4 cm³/mol. The molecule has 0 amide bonds. The van der Waals surface area contributed by atoms with Gasteiger partial charge in [0.1, 0.15) is 0 Å². The summed E-state index contributed by atoms with van der Waals surface area (Å²) in [5, 5.41) is 1.51. The molecule has 0 spiro atoms. The molecule has 1 aromatic heterocycles. The van der Waals surface area contributed by atoms with Gasteiger partial charge in [0.2, 0.25) is 6.10 Å². The number of methoxy groups -OCH3 is 2. The Labute approximate surface area is 167 Å². The Kier molecular flexibility index (Phi) is 7.55. The highest BCUT2D eigenvalue weighted by Crippen LogP contribution is 2.40. The van der Waals surface area contributed by atoms with Gasteiger partial charge in [-0.1, -0.05) is 6.07 Å². The van der Waals surface area contributed by atoms with E-state index in [1.54, 1.807) is 12.1 Å². The van der Waals surface area contributed by atoms with Crippen LogP contribution in [-0.4, -0.2) is 26.4 Å². The smallest absolute Gasteiger partial charge is 0.430 e. The molecule has 0 aliphatic heterocycles. The molecule has 4 nitrogen and oxygen atoms in total. The van der Waals surface area contributed by atoms with Gasteiger partial charge in [0.25, 0.3) is 0 Å². The van der Waals surface area contributed by atoms with E-state index >= 15 is 0 Å². The van der Waals surface area contributed by atoms with Crippen LogP contribution in [0.15, 0.2) is 34.1 Å². The second-order valence-electron chi connectivity index (χ2n) is 5.62. The Hall–Kier alpha value is -1.74. The molecule has 0 unspecified atom stereocenters. The lowest BCUT2D eigenvalue weighted by molar-refractivity contribution is -0.223. The van der Waals surface area contributed by atoms with Gasteiger partial charge in [-0.3, -0.25) is 4.79 Å². The minimum atomic E-state index is -4.66. The van der Waals surface area contributed by atoms with Crippen LogP contribution < -0.4 is 9.47 Å². The van der Waals surface area contributed by atoms with E-state index in [-0.39, 0.29) is 11.3 Å². The molecule has 27 heavy (non-hydrogen) atoms. The van der Waals surface area contributed by atoms with Crippen LogP contribution in [-0.2, 0) is 16.0 Å². The molecule has 0 N–H and O–H groups in total. The number of alkyl halides is 3. The summed E-state index contributed by atoms with van der Waals surface area (Å²) in [6.07, 6.45) is -6.18. The number of halogens is 4. The fraction of sp³-hybridized carbons (Fsp3) is 0.389. The molecular formula is C18H18BrF3O4S. The van der Waals surface area contributed by atoms with Gasteiger partial charge in [-0.25, -0.2) is 0 Å². The fourth-order valence-electron chi connectivity index (χ4n) is 2.42. The average molecular weight is 467 g/mol. The molecule has 0 saturated carbocycles. The molecule has 0 aliphatic carbocycles. The number of benzene rings is 1. The Morgan fingerprint density at radius 3 is 2.44 bits per heavy atom. The van der Waals surface area contributed by atoms with Crippen LogP contribution in [0.25, 0.3) is 0 Å². The van der Waals surface area contributed by atoms with Crippen molar-refractivity contribution >= 4 is 33.2 Å². The molecular weight excluding hydrogens is 449 g/mol. The maximum absolute atomic E-state index is 13.2. The monoisotopic (exact) mass is 466 g/mol. The van der Waals surface area contributed by atoms with Crippen molar-refractivity contribution in [2.45, 2.75) is 31.5 Å². The van der Waals surface area contributed by atoms with Crippen LogP contribution in [0.2, 0.25) is 0 Å². The van der Waals surface area contributed by atoms with Crippen molar-refractivity contribution in [1.29, 1.82) is 0 Å². The second kappa shape index (κ2) is 9.45. The summed E-state index contributed by atoms with van der Waals surface area (Å²) in [4.78, 5) is 11.9. The lowest BCUT2D eigenvalue weighted by Crippen LogP contribution is -2.25. The highest BCUT2D eigenvalue weighted by atomic mass is 79.9. The molecule has 0 bridgehead atoms. The number of hydrogen-bond acceptors (Lipinski definition) is 5. The van der Waals surface area contributed by atoms with Gasteiger partial charge in [-0.15, -0.1) is 11.3 Å². The van der Waals surface area contributed by atoms with E-state index in [0.29, 0.717) is 28.8 Å². The summed E-state index contributed by atoms with van der Waals surface area (Å²) >= 11 is 3.99. The van der Waals surface area contributed by atoms with E-state index in [0.717, 1.165) is 16.9 Å². The van der Waals surface area contributed by atoms with Crippen molar-refractivity contribution in [2.24, 2.45) is 0 Å². The Balaban J connectivity index is 1.93. The van der Waals surface area contributed by atoms with E-state index in [9.17, 15) is 18.0 Å². The highest BCUT2D eigenvalue weighted by molar-refractivity contribution is 9.10. The number of hydrogen-bond donors (Lipinski definition) is 0. The zero-order valence-corrected chi connectivity index (χ0v) is 17.0. The Morgan fingerprint density at radius 1 is 1.19 bits per heavy atom. The first-order chi connectivity index (χ1) is 12.7. The van der Waals surface area contributed by atoms with Gasteiger partial charge < -0.3 is 14.2 Å². The summed E-state index contributed by atoms with van der Waals surface area (Å²) in [6, 6.07) is 6.63. The van der Waals surface area contributed by atoms with Crippen LogP contribution in [0, 0.1) is 0 Å². The third-order valence-electron chi connectivity index (χ3n) is 3.69. The van der Waals surface area contributed by atoms with E-state index < -0.39 is 18.2 Å². The topological polar surface area (TPSA) is 44.8 Å². The normalized spacial score (nSPS) is 12.5. The first-order valence-corrected chi connectivity index (χ1v) is 9.63. The van der Waals surface area contributed by atoms with E-state index in [1.165, 1.54) is 25.7 Å². The Bertz CT molecular complexity index is 776. The van der Waals surface area contributed by atoms with Crippen molar-refractivity contribution in [2.75, 3.05) is 14.2 Å². The van der Waals surface area contributed by atoms with Gasteiger partial charge in [0.05, 0.1) is 19.1 Å². The molecule has 0 saturated heterocycles. The zero-order chi connectivity index (χ0) is 20.0. The minimum Gasteiger partial charge on any atom is -0.493 e. The number of aryl methyl sites for hydroxylation is 1. The van der Waals surface area contributed by atoms with E-state index in [1.807, 2.05) is 6.07 Å². The SMILES string of the molecule is COc1ccc(CCCC(=O)O[C@H](c2cc(Br)cs2)C(F)(F)F)cc1OC. The summed E-state index contributed by atoms with van der Waals surface area (Å²) in [7, 11) is 3.04. The molecule has 1 aromatic carbocycles. The van der Waals surface area contributed by atoms with Crippen molar-refractivity contribution in [3.05, 3.63) is 44.6 Å². The second-order valence-corrected chi connectivity index (χ2v) is 7.48. The first kappa shape index (κ1) is 21.6.